The van der Waals surface area contributed by atoms with E-state index in [9.17, 15) is 9.59 Å². The van der Waals surface area contributed by atoms with Gasteiger partial charge in [-0.2, -0.15) is 41.2 Å². The molecule has 0 heterocycles. The smallest absolute Gasteiger partial charge is 0.478 e. The van der Waals surface area contributed by atoms with Crippen LogP contribution in [0.15, 0.2) is 182 Å². The van der Waals surface area contributed by atoms with Gasteiger partial charge in [0.05, 0.1) is 11.1 Å². The molecule has 4 nitrogen and oxygen atoms in total. The van der Waals surface area contributed by atoms with Crippen LogP contribution in [-0.2, 0) is 44.8 Å². The van der Waals surface area contributed by atoms with E-state index in [1.54, 1.807) is 60.7 Å². The van der Waals surface area contributed by atoms with Crippen molar-refractivity contribution in [1.82, 2.24) is 0 Å². The summed E-state index contributed by atoms with van der Waals surface area (Å²) in [5, 5.41) is 21.8. The van der Waals surface area contributed by atoms with Crippen LogP contribution in [-0.4, -0.2) is 22.2 Å². The molecule has 264 valence electrons. The first-order valence-electron chi connectivity index (χ1n) is 15.0. The monoisotopic (exact) mass is 1060 g/mol. The molecule has 0 unspecified atom stereocenters. The molecule has 0 aromatic heterocycles. The Morgan fingerprint density at radius 3 is 0.640 bits per heavy atom. The maximum absolute atomic E-state index is 10.2. The standard InChI is InChI=1S/2C14H14P.2C7H6O2.2Au/c2*1-15(2,13-9-5-3-6-10-13)14-11-7-4-8-12-14;2*8-7(9)6-4-2-1-3-5-6;;/h2*3-12H,1-2H2;2*1-5H,(H,8,9);;/q2*-1;;;2*+1. The summed E-state index contributed by atoms with van der Waals surface area (Å²) in [7, 11) is -3.29. The molecular weight excluding hydrogens is 1020 g/mol. The van der Waals surface area contributed by atoms with E-state index in [2.05, 4.69) is 75.2 Å². The Labute approximate surface area is 329 Å². The molecule has 0 aliphatic rings. The third-order valence-corrected chi connectivity index (χ3v) is 12.2. The van der Waals surface area contributed by atoms with Crippen LogP contribution in [0, 0.1) is 26.7 Å². The SMILES string of the molecule is O=C(O)c1ccccc1.O=C(O)c1ccccc1.[Au+].[Au+].[CH2-][P+]([CH2-])(c1ccccc1)c1ccccc1.[CH2-][P+]([CH2-])(c1ccccc1)c1ccccc1. The zero-order valence-corrected chi connectivity index (χ0v) is 33.5. The molecule has 0 amide bonds. The van der Waals surface area contributed by atoms with Crippen molar-refractivity contribution in [3.05, 3.63) is 220 Å². The third-order valence-electron chi connectivity index (χ3n) is 7.04. The van der Waals surface area contributed by atoms with E-state index in [1.807, 2.05) is 72.8 Å². The summed E-state index contributed by atoms with van der Waals surface area (Å²) in [6, 6.07) is 57.9. The fraction of sp³-hybridized carbons (Fsp3) is 0. The Morgan fingerprint density at radius 1 is 0.340 bits per heavy atom. The summed E-state index contributed by atoms with van der Waals surface area (Å²) in [6.45, 7) is 17.2. The van der Waals surface area contributed by atoms with Gasteiger partial charge in [-0.25, -0.2) is 9.59 Å². The van der Waals surface area contributed by atoms with Crippen molar-refractivity contribution in [3.63, 3.8) is 0 Å². The molecule has 0 aliphatic carbocycles. The van der Waals surface area contributed by atoms with E-state index in [4.69, 9.17) is 10.2 Å². The molecule has 6 rings (SSSR count). The Hall–Kier alpha value is -3.40. The largest absolute Gasteiger partial charge is 1.00 e. The van der Waals surface area contributed by atoms with Crippen LogP contribution in [0.1, 0.15) is 20.7 Å². The zero-order valence-electron chi connectivity index (χ0n) is 27.4. The van der Waals surface area contributed by atoms with Crippen LogP contribution in [0.4, 0.5) is 0 Å². The van der Waals surface area contributed by atoms with Gasteiger partial charge in [-0.3, -0.25) is 0 Å². The van der Waals surface area contributed by atoms with Gasteiger partial charge in [0.2, 0.25) is 0 Å². The molecule has 50 heavy (non-hydrogen) atoms. The fourth-order valence-electron chi connectivity index (χ4n) is 4.31. The van der Waals surface area contributed by atoms with E-state index >= 15 is 0 Å². The summed E-state index contributed by atoms with van der Waals surface area (Å²) in [5.41, 5.74) is 0.662. The van der Waals surface area contributed by atoms with Crippen molar-refractivity contribution >= 4 is 47.7 Å². The average Bonchev–Trinajstić information content (AvgIpc) is 3.14. The van der Waals surface area contributed by atoms with Gasteiger partial charge in [0.15, 0.2) is 0 Å². The van der Waals surface area contributed by atoms with Crippen LogP contribution in [0.25, 0.3) is 0 Å². The number of hydrogen-bond acceptors (Lipinski definition) is 2. The predicted octanol–water partition coefficient (Wildman–Crippen LogP) is 9.24. The molecule has 0 fully saturated rings. The Bertz CT molecular complexity index is 1570. The summed E-state index contributed by atoms with van der Waals surface area (Å²) in [4.78, 5) is 20.4. The van der Waals surface area contributed by atoms with Gasteiger partial charge in [0.1, 0.15) is 0 Å². The normalized spacial score (nSPS) is 10.0. The van der Waals surface area contributed by atoms with Gasteiger partial charge < -0.3 is 10.2 Å². The average molecular weight is 1060 g/mol. The van der Waals surface area contributed by atoms with E-state index in [0.717, 1.165) is 0 Å². The third kappa shape index (κ3) is 14.4. The molecule has 2 N–H and O–H groups in total. The van der Waals surface area contributed by atoms with E-state index in [1.165, 1.54) is 21.2 Å². The minimum atomic E-state index is -1.65. The topological polar surface area (TPSA) is 74.6 Å². The van der Waals surface area contributed by atoms with Gasteiger partial charge in [-0.1, -0.05) is 109 Å². The van der Waals surface area contributed by atoms with E-state index in [0.29, 0.717) is 11.1 Å². The van der Waals surface area contributed by atoms with Crippen molar-refractivity contribution in [1.29, 1.82) is 0 Å². The quantitative estimate of drug-likeness (QED) is 0.0992. The van der Waals surface area contributed by atoms with Gasteiger partial charge in [-0.15, -0.1) is 0 Å². The van der Waals surface area contributed by atoms with Crippen LogP contribution in [0.3, 0.4) is 0 Å². The number of rotatable bonds is 6. The fourth-order valence-corrected chi connectivity index (χ4v) is 7.88. The van der Waals surface area contributed by atoms with Crippen LogP contribution >= 0.6 is 14.5 Å². The van der Waals surface area contributed by atoms with Crippen molar-refractivity contribution in [2.24, 2.45) is 0 Å². The molecule has 6 aromatic carbocycles. The second kappa shape index (κ2) is 23.1. The first-order valence-corrected chi connectivity index (χ1v) is 19.3. The molecule has 0 radical (unpaired) electrons. The molecule has 0 atom stereocenters. The first-order chi connectivity index (χ1) is 23.0. The van der Waals surface area contributed by atoms with Crippen molar-refractivity contribution in [2.45, 2.75) is 0 Å². The second-order valence-electron chi connectivity index (χ2n) is 10.6. The molecule has 6 aromatic rings. The molecule has 0 bridgehead atoms. The molecular formula is C42H40Au2O4P2. The van der Waals surface area contributed by atoms with Crippen molar-refractivity contribution in [3.8, 4) is 0 Å². The van der Waals surface area contributed by atoms with E-state index < -0.39 is 26.5 Å². The summed E-state index contributed by atoms with van der Waals surface area (Å²) in [5.74, 6) is -1.76. The number of aromatic carboxylic acids is 2. The predicted molar refractivity (Wildman–Crippen MR) is 206 cm³/mol. The van der Waals surface area contributed by atoms with E-state index in [-0.39, 0.29) is 44.8 Å². The second-order valence-corrected chi connectivity index (χ2v) is 16.6. The van der Waals surface area contributed by atoms with Crippen molar-refractivity contribution in [2.75, 3.05) is 0 Å². The number of benzene rings is 6. The minimum Gasteiger partial charge on any atom is -0.478 e. The van der Waals surface area contributed by atoms with Gasteiger partial charge in [0, 0.05) is 21.2 Å². The molecule has 0 saturated carbocycles. The molecule has 8 heteroatoms. The van der Waals surface area contributed by atoms with Gasteiger partial charge in [0.25, 0.3) is 0 Å². The zero-order chi connectivity index (χ0) is 34.8. The summed E-state index contributed by atoms with van der Waals surface area (Å²) < 4.78 is 0. The minimum absolute atomic E-state index is 0. The number of carboxylic acid groups (broad SMARTS) is 2. The Morgan fingerprint density at radius 2 is 0.500 bits per heavy atom. The molecule has 0 saturated heterocycles. The number of carbonyl (C=O) groups is 2. The maximum atomic E-state index is 10.2. The van der Waals surface area contributed by atoms with Crippen LogP contribution in [0.5, 0.6) is 0 Å². The first kappa shape index (κ1) is 44.6. The van der Waals surface area contributed by atoms with Gasteiger partial charge >= 0.3 is 56.7 Å². The molecule has 0 aliphatic heterocycles. The van der Waals surface area contributed by atoms with Crippen molar-refractivity contribution < 1.29 is 64.6 Å². The van der Waals surface area contributed by atoms with Gasteiger partial charge in [-0.05, 0) is 72.8 Å². The van der Waals surface area contributed by atoms with Crippen LogP contribution < -0.4 is 21.2 Å². The van der Waals surface area contributed by atoms with Crippen LogP contribution in [0.2, 0.25) is 0 Å². The summed E-state index contributed by atoms with van der Waals surface area (Å²) >= 11 is 0. The summed E-state index contributed by atoms with van der Waals surface area (Å²) in [6.07, 6.45) is 0. The maximum Gasteiger partial charge on any atom is 1.00 e. The number of carboxylic acids is 2. The molecule has 0 spiro atoms. The number of hydrogen-bond donors (Lipinski definition) is 2. The Balaban J connectivity index is 0.000000338. The Kier molecular flexibility index (Phi) is 20.7.